The lowest BCUT2D eigenvalue weighted by molar-refractivity contribution is 0.0936. The molecule has 2 rings (SSSR count). The average molecular weight is 285 g/mol. The average Bonchev–Trinajstić information content (AvgIpc) is 2.47. The highest BCUT2D eigenvalue weighted by molar-refractivity contribution is 6.09. The van der Waals surface area contributed by atoms with Gasteiger partial charge < -0.3 is 10.1 Å². The number of carbonyl (C=O) groups excluding carboxylic acids is 1. The maximum atomic E-state index is 12.6. The van der Waals surface area contributed by atoms with E-state index in [1.165, 1.54) is 0 Å². The van der Waals surface area contributed by atoms with Crippen molar-refractivity contribution in [3.8, 4) is 5.75 Å². The van der Waals surface area contributed by atoms with E-state index in [1.807, 2.05) is 50.2 Å². The predicted octanol–water partition coefficient (Wildman–Crippen LogP) is 4.16. The zero-order chi connectivity index (χ0) is 15.2. The minimum absolute atomic E-state index is 0.0591. The first-order valence-corrected chi connectivity index (χ1v) is 7.62. The van der Waals surface area contributed by atoms with Crippen molar-refractivity contribution in [1.82, 2.24) is 5.32 Å². The molecule has 2 aromatic rings. The topological polar surface area (TPSA) is 38.3 Å². The third-order valence-corrected chi connectivity index (χ3v) is 3.52. The Labute approximate surface area is 126 Å². The van der Waals surface area contributed by atoms with Crippen molar-refractivity contribution in [2.45, 2.75) is 39.7 Å². The van der Waals surface area contributed by atoms with Crippen LogP contribution < -0.4 is 10.1 Å². The van der Waals surface area contributed by atoms with E-state index in [0.717, 1.165) is 23.6 Å². The molecule has 0 aliphatic heterocycles. The SMILES string of the molecule is CCCC(C)NC(=O)c1c(OCC)ccc2ccccc12. The van der Waals surface area contributed by atoms with Crippen molar-refractivity contribution < 1.29 is 9.53 Å². The molecule has 0 heterocycles. The zero-order valence-corrected chi connectivity index (χ0v) is 13.0. The molecular weight excluding hydrogens is 262 g/mol. The number of nitrogens with one attached hydrogen (secondary N) is 1. The predicted molar refractivity (Wildman–Crippen MR) is 87.0 cm³/mol. The minimum atomic E-state index is -0.0591. The van der Waals surface area contributed by atoms with Gasteiger partial charge in [0, 0.05) is 6.04 Å². The highest BCUT2D eigenvalue weighted by atomic mass is 16.5. The molecular formula is C18H23NO2. The van der Waals surface area contributed by atoms with Crippen LogP contribution in [0.3, 0.4) is 0 Å². The van der Waals surface area contributed by atoms with Gasteiger partial charge in [-0.2, -0.15) is 0 Å². The molecule has 0 radical (unpaired) electrons. The standard InChI is InChI=1S/C18H23NO2/c1-4-8-13(3)19-18(20)17-15-10-7-6-9-14(15)11-12-16(17)21-5-2/h6-7,9-13H,4-5,8H2,1-3H3,(H,19,20). The van der Waals surface area contributed by atoms with Crippen molar-refractivity contribution >= 4 is 16.7 Å². The van der Waals surface area contributed by atoms with E-state index in [0.29, 0.717) is 17.9 Å². The van der Waals surface area contributed by atoms with E-state index in [-0.39, 0.29) is 11.9 Å². The molecule has 0 aliphatic rings. The summed E-state index contributed by atoms with van der Waals surface area (Å²) in [6, 6.07) is 11.9. The molecule has 2 aromatic carbocycles. The van der Waals surface area contributed by atoms with Crippen LogP contribution in [-0.4, -0.2) is 18.6 Å². The van der Waals surface area contributed by atoms with Crippen molar-refractivity contribution in [2.75, 3.05) is 6.61 Å². The summed E-state index contributed by atoms with van der Waals surface area (Å²) in [5, 5.41) is 5.05. The monoisotopic (exact) mass is 285 g/mol. The van der Waals surface area contributed by atoms with Crippen molar-refractivity contribution in [1.29, 1.82) is 0 Å². The van der Waals surface area contributed by atoms with Crippen LogP contribution in [0.1, 0.15) is 44.0 Å². The van der Waals surface area contributed by atoms with Crippen LogP contribution in [0.15, 0.2) is 36.4 Å². The number of ether oxygens (including phenoxy) is 1. The van der Waals surface area contributed by atoms with Gasteiger partial charge >= 0.3 is 0 Å². The third-order valence-electron chi connectivity index (χ3n) is 3.52. The lowest BCUT2D eigenvalue weighted by Crippen LogP contribution is -2.32. The fourth-order valence-corrected chi connectivity index (χ4v) is 2.56. The molecule has 0 fully saturated rings. The molecule has 3 heteroatoms. The Bertz CT molecular complexity index is 622. The summed E-state index contributed by atoms with van der Waals surface area (Å²) in [5.41, 5.74) is 0.637. The first-order chi connectivity index (χ1) is 10.2. The van der Waals surface area contributed by atoms with Gasteiger partial charge in [0.2, 0.25) is 0 Å². The number of hydrogen-bond donors (Lipinski definition) is 1. The van der Waals surface area contributed by atoms with Gasteiger partial charge in [-0.25, -0.2) is 0 Å². The first kappa shape index (κ1) is 15.4. The van der Waals surface area contributed by atoms with Crippen LogP contribution >= 0.6 is 0 Å². The largest absolute Gasteiger partial charge is 0.493 e. The lowest BCUT2D eigenvalue weighted by Gasteiger charge is -2.17. The second-order valence-corrected chi connectivity index (χ2v) is 5.26. The van der Waals surface area contributed by atoms with Crippen LogP contribution in [-0.2, 0) is 0 Å². The Balaban J connectivity index is 2.43. The van der Waals surface area contributed by atoms with Crippen molar-refractivity contribution in [2.24, 2.45) is 0 Å². The van der Waals surface area contributed by atoms with Gasteiger partial charge in [0.15, 0.2) is 0 Å². The summed E-state index contributed by atoms with van der Waals surface area (Å²) in [6.45, 7) is 6.62. The Hall–Kier alpha value is -2.03. The third kappa shape index (κ3) is 3.54. The molecule has 0 saturated carbocycles. The van der Waals surface area contributed by atoms with Crippen LogP contribution in [0.4, 0.5) is 0 Å². The molecule has 3 nitrogen and oxygen atoms in total. The number of amides is 1. The molecule has 0 bridgehead atoms. The molecule has 1 unspecified atom stereocenters. The van der Waals surface area contributed by atoms with Crippen molar-refractivity contribution in [3.63, 3.8) is 0 Å². The summed E-state index contributed by atoms with van der Waals surface area (Å²) in [4.78, 5) is 12.6. The summed E-state index contributed by atoms with van der Waals surface area (Å²) >= 11 is 0. The molecule has 0 aromatic heterocycles. The summed E-state index contributed by atoms with van der Waals surface area (Å²) < 4.78 is 5.65. The maximum Gasteiger partial charge on any atom is 0.255 e. The summed E-state index contributed by atoms with van der Waals surface area (Å²) in [5.74, 6) is 0.591. The van der Waals surface area contributed by atoms with Gasteiger partial charge in [-0.3, -0.25) is 4.79 Å². The van der Waals surface area contributed by atoms with E-state index < -0.39 is 0 Å². The number of fused-ring (bicyclic) bond motifs is 1. The van der Waals surface area contributed by atoms with Gasteiger partial charge in [-0.05, 0) is 37.1 Å². The fourth-order valence-electron chi connectivity index (χ4n) is 2.56. The normalized spacial score (nSPS) is 12.1. The Kier molecular flexibility index (Phi) is 5.20. The van der Waals surface area contributed by atoms with Gasteiger partial charge in [-0.15, -0.1) is 0 Å². The maximum absolute atomic E-state index is 12.6. The van der Waals surface area contributed by atoms with E-state index in [9.17, 15) is 4.79 Å². The fraction of sp³-hybridized carbons (Fsp3) is 0.389. The zero-order valence-electron chi connectivity index (χ0n) is 13.0. The summed E-state index contributed by atoms with van der Waals surface area (Å²) in [7, 11) is 0. The van der Waals surface area contributed by atoms with Crippen LogP contribution in [0.25, 0.3) is 10.8 Å². The minimum Gasteiger partial charge on any atom is -0.493 e. The van der Waals surface area contributed by atoms with E-state index in [2.05, 4.69) is 12.2 Å². The van der Waals surface area contributed by atoms with Crippen LogP contribution in [0, 0.1) is 0 Å². The molecule has 1 amide bonds. The van der Waals surface area contributed by atoms with Gasteiger partial charge in [0.05, 0.1) is 12.2 Å². The quantitative estimate of drug-likeness (QED) is 0.865. The van der Waals surface area contributed by atoms with Gasteiger partial charge in [0.25, 0.3) is 5.91 Å². The number of benzene rings is 2. The second-order valence-electron chi connectivity index (χ2n) is 5.26. The number of rotatable bonds is 6. The summed E-state index contributed by atoms with van der Waals surface area (Å²) in [6.07, 6.45) is 2.02. The Morgan fingerprint density at radius 3 is 2.67 bits per heavy atom. The van der Waals surface area contributed by atoms with E-state index in [4.69, 9.17) is 4.74 Å². The van der Waals surface area contributed by atoms with Gasteiger partial charge in [-0.1, -0.05) is 43.7 Å². The van der Waals surface area contributed by atoms with Crippen LogP contribution in [0.2, 0.25) is 0 Å². The molecule has 112 valence electrons. The number of carbonyl (C=O) groups is 1. The van der Waals surface area contributed by atoms with Crippen LogP contribution in [0.5, 0.6) is 5.75 Å². The van der Waals surface area contributed by atoms with E-state index in [1.54, 1.807) is 0 Å². The molecule has 21 heavy (non-hydrogen) atoms. The molecule has 0 spiro atoms. The highest BCUT2D eigenvalue weighted by Gasteiger charge is 2.17. The van der Waals surface area contributed by atoms with Crippen molar-refractivity contribution in [3.05, 3.63) is 42.0 Å². The van der Waals surface area contributed by atoms with Gasteiger partial charge in [0.1, 0.15) is 5.75 Å². The smallest absolute Gasteiger partial charge is 0.255 e. The number of hydrogen-bond acceptors (Lipinski definition) is 2. The van der Waals surface area contributed by atoms with E-state index >= 15 is 0 Å². The molecule has 0 saturated heterocycles. The Morgan fingerprint density at radius 2 is 1.95 bits per heavy atom. The highest BCUT2D eigenvalue weighted by Crippen LogP contribution is 2.28. The molecule has 1 N–H and O–H groups in total. The molecule has 1 atom stereocenters. The Morgan fingerprint density at radius 1 is 1.19 bits per heavy atom. The lowest BCUT2D eigenvalue weighted by atomic mass is 10.0. The second kappa shape index (κ2) is 7.11. The first-order valence-electron chi connectivity index (χ1n) is 7.62. The molecule has 0 aliphatic carbocycles.